The molecule has 0 heterocycles. The molecule has 29 heavy (non-hydrogen) atoms. The van der Waals surface area contributed by atoms with Gasteiger partial charge in [0.2, 0.25) is 0 Å². The van der Waals surface area contributed by atoms with Crippen LogP contribution in [0.4, 0.5) is 5.69 Å². The maximum absolute atomic E-state index is 12.8. The Morgan fingerprint density at radius 3 is 2.52 bits per heavy atom. The minimum Gasteiger partial charge on any atom is -0.480 e. The molecule has 6 heteroatoms. The Balaban J connectivity index is 1.75. The van der Waals surface area contributed by atoms with E-state index < -0.39 is 12.1 Å². The average Bonchev–Trinajstić information content (AvgIpc) is 2.73. The molecule has 0 aromatic heterocycles. The van der Waals surface area contributed by atoms with E-state index in [2.05, 4.69) is 5.32 Å². The van der Waals surface area contributed by atoms with Gasteiger partial charge < -0.3 is 14.8 Å². The Morgan fingerprint density at radius 2 is 1.79 bits per heavy atom. The van der Waals surface area contributed by atoms with Crippen molar-refractivity contribution in [2.24, 2.45) is 0 Å². The normalized spacial score (nSPS) is 11.7. The van der Waals surface area contributed by atoms with Crippen molar-refractivity contribution in [3.8, 4) is 5.75 Å². The number of halogens is 1. The first-order chi connectivity index (χ1) is 14.0. The Kier molecular flexibility index (Phi) is 6.73. The van der Waals surface area contributed by atoms with E-state index in [0.717, 1.165) is 10.8 Å². The maximum atomic E-state index is 12.8. The summed E-state index contributed by atoms with van der Waals surface area (Å²) in [6.45, 7) is 3.88. The van der Waals surface area contributed by atoms with Crippen LogP contribution in [-0.2, 0) is 9.53 Å². The van der Waals surface area contributed by atoms with E-state index in [-0.39, 0.29) is 17.5 Å². The summed E-state index contributed by atoms with van der Waals surface area (Å²) in [7, 11) is 0. The molecule has 0 aliphatic carbocycles. The number of ether oxygens (including phenoxy) is 2. The molecule has 0 aliphatic rings. The highest BCUT2D eigenvalue weighted by molar-refractivity contribution is 6.34. The molecule has 0 spiro atoms. The Hall–Kier alpha value is -3.05. The molecular weight excluding hydrogens is 390 g/mol. The van der Waals surface area contributed by atoms with Gasteiger partial charge in [0.25, 0.3) is 5.91 Å². The second-order valence-electron chi connectivity index (χ2n) is 6.40. The van der Waals surface area contributed by atoms with Crippen molar-refractivity contribution >= 4 is 39.9 Å². The van der Waals surface area contributed by atoms with Gasteiger partial charge in [-0.1, -0.05) is 54.9 Å². The van der Waals surface area contributed by atoms with E-state index >= 15 is 0 Å². The number of hydrogen-bond donors (Lipinski definition) is 1. The molecule has 150 valence electrons. The van der Waals surface area contributed by atoms with Crippen LogP contribution in [0.5, 0.6) is 5.75 Å². The van der Waals surface area contributed by atoms with Gasteiger partial charge in [0.1, 0.15) is 5.75 Å². The van der Waals surface area contributed by atoms with Gasteiger partial charge in [0.15, 0.2) is 6.10 Å². The molecule has 0 saturated heterocycles. The Labute approximate surface area is 174 Å². The summed E-state index contributed by atoms with van der Waals surface area (Å²) < 4.78 is 11.0. The van der Waals surface area contributed by atoms with Crippen LogP contribution in [-0.4, -0.2) is 24.6 Å². The van der Waals surface area contributed by atoms with Crippen molar-refractivity contribution in [1.82, 2.24) is 0 Å². The summed E-state index contributed by atoms with van der Waals surface area (Å²) in [5.41, 5.74) is 0.735. The molecule has 1 N–H and O–H groups in total. The molecule has 0 radical (unpaired) electrons. The van der Waals surface area contributed by atoms with Gasteiger partial charge in [0, 0.05) is 5.39 Å². The van der Waals surface area contributed by atoms with Crippen molar-refractivity contribution < 1.29 is 19.1 Å². The van der Waals surface area contributed by atoms with Gasteiger partial charge in [-0.05, 0) is 43.0 Å². The van der Waals surface area contributed by atoms with Crippen molar-refractivity contribution in [2.45, 2.75) is 26.4 Å². The SMILES string of the molecule is CCOC(=O)c1ccc(NC(=O)[C@@H](CC)Oc2cccc3ccccc23)c(Cl)c1. The van der Waals surface area contributed by atoms with Gasteiger partial charge in [-0.3, -0.25) is 4.79 Å². The fraction of sp³-hybridized carbons (Fsp3) is 0.217. The van der Waals surface area contributed by atoms with E-state index in [1.54, 1.807) is 19.1 Å². The second kappa shape index (κ2) is 9.43. The first-order valence-corrected chi connectivity index (χ1v) is 9.83. The first kappa shape index (κ1) is 20.7. The third kappa shape index (κ3) is 4.87. The van der Waals surface area contributed by atoms with Crippen molar-refractivity contribution in [1.29, 1.82) is 0 Å². The number of rotatable bonds is 7. The van der Waals surface area contributed by atoms with Gasteiger partial charge >= 0.3 is 5.97 Å². The Bertz CT molecular complexity index is 1030. The van der Waals surface area contributed by atoms with Crippen LogP contribution in [0.2, 0.25) is 5.02 Å². The molecule has 0 saturated carbocycles. The summed E-state index contributed by atoms with van der Waals surface area (Å²) in [5.74, 6) is -0.127. The molecular formula is C23H22ClNO4. The molecule has 3 aromatic carbocycles. The topological polar surface area (TPSA) is 64.6 Å². The zero-order valence-corrected chi connectivity index (χ0v) is 17.0. The van der Waals surface area contributed by atoms with Crippen LogP contribution >= 0.6 is 11.6 Å². The molecule has 3 rings (SSSR count). The fourth-order valence-corrected chi connectivity index (χ4v) is 3.17. The molecule has 1 atom stereocenters. The van der Waals surface area contributed by atoms with Crippen LogP contribution in [0.15, 0.2) is 60.7 Å². The van der Waals surface area contributed by atoms with Crippen LogP contribution < -0.4 is 10.1 Å². The highest BCUT2D eigenvalue weighted by atomic mass is 35.5. The third-order valence-electron chi connectivity index (χ3n) is 4.42. The smallest absolute Gasteiger partial charge is 0.338 e. The predicted octanol–water partition coefficient (Wildman–Crippen LogP) is 5.47. The van der Waals surface area contributed by atoms with E-state index in [1.807, 2.05) is 49.4 Å². The summed E-state index contributed by atoms with van der Waals surface area (Å²) >= 11 is 6.24. The number of carbonyl (C=O) groups excluding carboxylic acids is 2. The molecule has 0 bridgehead atoms. The highest BCUT2D eigenvalue weighted by Gasteiger charge is 2.21. The quantitative estimate of drug-likeness (QED) is 0.524. The largest absolute Gasteiger partial charge is 0.480 e. The number of amides is 1. The molecule has 3 aromatic rings. The lowest BCUT2D eigenvalue weighted by Crippen LogP contribution is -2.32. The van der Waals surface area contributed by atoms with Crippen molar-refractivity contribution in [2.75, 3.05) is 11.9 Å². The van der Waals surface area contributed by atoms with E-state index in [9.17, 15) is 9.59 Å². The lowest BCUT2D eigenvalue weighted by atomic mass is 10.1. The number of carbonyl (C=O) groups is 2. The fourth-order valence-electron chi connectivity index (χ4n) is 2.95. The predicted molar refractivity (Wildman–Crippen MR) is 115 cm³/mol. The summed E-state index contributed by atoms with van der Waals surface area (Å²) in [4.78, 5) is 24.6. The lowest BCUT2D eigenvalue weighted by Gasteiger charge is -2.19. The maximum Gasteiger partial charge on any atom is 0.338 e. The summed E-state index contributed by atoms with van der Waals surface area (Å²) in [6, 6.07) is 18.2. The number of benzene rings is 3. The summed E-state index contributed by atoms with van der Waals surface area (Å²) in [5, 5.41) is 5.02. The average molecular weight is 412 g/mol. The van der Waals surface area contributed by atoms with Gasteiger partial charge in [0.05, 0.1) is 22.9 Å². The van der Waals surface area contributed by atoms with Crippen molar-refractivity contribution in [3.05, 3.63) is 71.2 Å². The molecule has 5 nitrogen and oxygen atoms in total. The zero-order valence-electron chi connectivity index (χ0n) is 16.3. The minimum atomic E-state index is -0.693. The Morgan fingerprint density at radius 1 is 1.03 bits per heavy atom. The van der Waals surface area contributed by atoms with Gasteiger partial charge in [-0.25, -0.2) is 4.79 Å². The number of anilines is 1. The molecule has 1 amide bonds. The minimum absolute atomic E-state index is 0.254. The van der Waals surface area contributed by atoms with Crippen LogP contribution in [0.25, 0.3) is 10.8 Å². The first-order valence-electron chi connectivity index (χ1n) is 9.45. The number of nitrogens with one attached hydrogen (secondary N) is 1. The highest BCUT2D eigenvalue weighted by Crippen LogP contribution is 2.28. The van der Waals surface area contributed by atoms with Gasteiger partial charge in [-0.15, -0.1) is 0 Å². The molecule has 0 aliphatic heterocycles. The lowest BCUT2D eigenvalue weighted by molar-refractivity contribution is -0.122. The second-order valence-corrected chi connectivity index (χ2v) is 6.80. The third-order valence-corrected chi connectivity index (χ3v) is 4.73. The number of esters is 1. The van der Waals surface area contributed by atoms with Crippen molar-refractivity contribution in [3.63, 3.8) is 0 Å². The van der Waals surface area contributed by atoms with E-state index in [4.69, 9.17) is 21.1 Å². The summed E-state index contributed by atoms with van der Waals surface area (Å²) in [6.07, 6.45) is -0.213. The standard InChI is InChI=1S/C23H22ClNO4/c1-3-20(29-21-11-7-9-15-8-5-6-10-17(15)21)22(26)25-19-13-12-16(14-18(19)24)23(27)28-4-2/h5-14,20H,3-4H2,1-2H3,(H,25,26)/t20-/m1/s1. The number of fused-ring (bicyclic) bond motifs is 1. The molecule has 0 fully saturated rings. The monoisotopic (exact) mass is 411 g/mol. The van der Waals surface area contributed by atoms with Gasteiger partial charge in [-0.2, -0.15) is 0 Å². The zero-order chi connectivity index (χ0) is 20.8. The van der Waals surface area contributed by atoms with E-state index in [0.29, 0.717) is 23.4 Å². The van der Waals surface area contributed by atoms with Crippen LogP contribution in [0, 0.1) is 0 Å². The number of hydrogen-bond acceptors (Lipinski definition) is 4. The van der Waals surface area contributed by atoms with E-state index in [1.165, 1.54) is 6.07 Å². The van der Waals surface area contributed by atoms with Crippen LogP contribution in [0.3, 0.4) is 0 Å². The molecule has 0 unspecified atom stereocenters. The van der Waals surface area contributed by atoms with Crippen LogP contribution in [0.1, 0.15) is 30.6 Å².